The van der Waals surface area contributed by atoms with Gasteiger partial charge in [0.15, 0.2) is 0 Å². The van der Waals surface area contributed by atoms with Crippen LogP contribution in [-0.2, 0) is 11.2 Å². The average molecular weight is 398 g/mol. The lowest BCUT2D eigenvalue weighted by molar-refractivity contribution is -0.118. The Kier molecular flexibility index (Phi) is 6.74. The zero-order valence-corrected chi connectivity index (χ0v) is 17.6. The highest BCUT2D eigenvalue weighted by Gasteiger charge is 2.38. The summed E-state index contributed by atoms with van der Waals surface area (Å²) in [7, 11) is 0. The largest absolute Gasteiger partial charge is 0.342 e. The van der Waals surface area contributed by atoms with Crippen molar-refractivity contribution < 1.29 is 4.79 Å². The number of rotatable bonds is 7. The van der Waals surface area contributed by atoms with Crippen molar-refractivity contribution in [2.24, 2.45) is 4.99 Å². The second-order valence-corrected chi connectivity index (χ2v) is 7.61. The monoisotopic (exact) mass is 397 g/mol. The summed E-state index contributed by atoms with van der Waals surface area (Å²) in [5.74, 6) is 0.784. The Morgan fingerprint density at radius 1 is 1.14 bits per heavy atom. The van der Waals surface area contributed by atoms with Gasteiger partial charge in [-0.1, -0.05) is 55.3 Å². The molecule has 2 aromatic carbocycles. The van der Waals surface area contributed by atoms with Crippen LogP contribution in [0.3, 0.4) is 0 Å². The van der Waals surface area contributed by atoms with Crippen LogP contribution >= 0.6 is 11.6 Å². The van der Waals surface area contributed by atoms with Crippen LogP contribution in [0.2, 0.25) is 5.02 Å². The van der Waals surface area contributed by atoms with Crippen LogP contribution in [0.15, 0.2) is 53.5 Å². The number of guanidine groups is 1. The number of anilines is 1. The number of halogens is 1. The van der Waals surface area contributed by atoms with Crippen molar-refractivity contribution in [2.45, 2.75) is 46.1 Å². The van der Waals surface area contributed by atoms with E-state index < -0.39 is 6.04 Å². The second kappa shape index (κ2) is 9.24. The van der Waals surface area contributed by atoms with E-state index in [1.54, 1.807) is 4.90 Å². The molecule has 0 spiro atoms. The fourth-order valence-electron chi connectivity index (χ4n) is 3.54. The number of carbonyl (C=O) groups excluding carboxylic acids is 1. The fraction of sp³-hybridized carbons (Fsp3) is 0.391. The molecule has 0 saturated heterocycles. The minimum Gasteiger partial charge on any atom is -0.342 e. The predicted octanol–water partition coefficient (Wildman–Crippen LogP) is 5.08. The Bertz CT molecular complexity index is 850. The van der Waals surface area contributed by atoms with E-state index in [4.69, 9.17) is 16.6 Å². The van der Waals surface area contributed by atoms with Gasteiger partial charge in [0.2, 0.25) is 5.96 Å². The smallest absolute Gasteiger partial charge is 0.259 e. The van der Waals surface area contributed by atoms with Gasteiger partial charge in [-0.2, -0.15) is 0 Å². The highest BCUT2D eigenvalue weighted by Crippen LogP contribution is 2.29. The Balaban J connectivity index is 1.97. The summed E-state index contributed by atoms with van der Waals surface area (Å²) < 4.78 is 0. The van der Waals surface area contributed by atoms with E-state index in [9.17, 15) is 4.79 Å². The summed E-state index contributed by atoms with van der Waals surface area (Å²) in [4.78, 5) is 22.3. The maximum Gasteiger partial charge on any atom is 0.259 e. The number of hydrogen-bond acceptors (Lipinski definition) is 3. The number of nitrogens with zero attached hydrogens (tertiary/aromatic N) is 3. The predicted molar refractivity (Wildman–Crippen MR) is 117 cm³/mol. The first-order valence-electron chi connectivity index (χ1n) is 10.0. The molecule has 1 unspecified atom stereocenters. The Labute approximate surface area is 172 Å². The summed E-state index contributed by atoms with van der Waals surface area (Å²) in [5, 5.41) is 0.672. The first kappa shape index (κ1) is 20.4. The number of aryl methyl sites for hydroxylation is 1. The van der Waals surface area contributed by atoms with Gasteiger partial charge in [0.25, 0.3) is 5.91 Å². The summed E-state index contributed by atoms with van der Waals surface area (Å²) in [6, 6.07) is 15.3. The van der Waals surface area contributed by atoms with Gasteiger partial charge in [0.05, 0.1) is 5.69 Å². The standard InChI is InChI=1S/C23H28ClN3O/c1-4-6-14-26(5-2)23-25-20(16-18-10-8-7-9-11-18)22(28)27(23)21-13-12-19(24)15-17(21)3/h7-13,15,20H,4-6,14,16H2,1-3H3. The fourth-order valence-corrected chi connectivity index (χ4v) is 3.76. The van der Waals surface area contributed by atoms with Crippen molar-refractivity contribution in [2.75, 3.05) is 18.0 Å². The number of carbonyl (C=O) groups is 1. The van der Waals surface area contributed by atoms with E-state index in [0.717, 1.165) is 48.7 Å². The summed E-state index contributed by atoms with van der Waals surface area (Å²) >= 11 is 6.15. The Morgan fingerprint density at radius 3 is 2.54 bits per heavy atom. The summed E-state index contributed by atoms with van der Waals surface area (Å²) in [5.41, 5.74) is 2.95. The van der Waals surface area contributed by atoms with E-state index in [1.165, 1.54) is 0 Å². The van der Waals surface area contributed by atoms with Crippen LogP contribution in [-0.4, -0.2) is 35.9 Å². The van der Waals surface area contributed by atoms with Gasteiger partial charge in [-0.25, -0.2) is 9.89 Å². The number of unbranched alkanes of at least 4 members (excludes halogenated alkanes) is 1. The molecule has 1 heterocycles. The minimum atomic E-state index is -0.400. The SMILES string of the molecule is CCCCN(CC)C1=NC(Cc2ccccc2)C(=O)N1c1ccc(Cl)cc1C. The molecule has 148 valence electrons. The van der Waals surface area contributed by atoms with Crippen LogP contribution in [0.1, 0.15) is 37.8 Å². The molecule has 5 heteroatoms. The first-order valence-corrected chi connectivity index (χ1v) is 10.4. The van der Waals surface area contributed by atoms with Crippen molar-refractivity contribution in [3.8, 4) is 0 Å². The van der Waals surface area contributed by atoms with E-state index in [1.807, 2.05) is 55.5 Å². The third-order valence-corrected chi connectivity index (χ3v) is 5.33. The van der Waals surface area contributed by atoms with Gasteiger partial charge < -0.3 is 4.90 Å². The molecule has 2 aromatic rings. The van der Waals surface area contributed by atoms with Crippen molar-refractivity contribution in [3.05, 3.63) is 64.7 Å². The number of amides is 1. The zero-order chi connectivity index (χ0) is 20.1. The molecule has 1 amide bonds. The van der Waals surface area contributed by atoms with Crippen molar-refractivity contribution in [1.82, 2.24) is 4.90 Å². The second-order valence-electron chi connectivity index (χ2n) is 7.17. The summed E-state index contributed by atoms with van der Waals surface area (Å²) in [6.07, 6.45) is 2.78. The van der Waals surface area contributed by atoms with Crippen LogP contribution in [0.5, 0.6) is 0 Å². The topological polar surface area (TPSA) is 35.9 Å². The molecule has 1 atom stereocenters. The molecule has 0 radical (unpaired) electrons. The van der Waals surface area contributed by atoms with Crippen LogP contribution < -0.4 is 4.90 Å². The maximum absolute atomic E-state index is 13.4. The van der Waals surface area contributed by atoms with Gasteiger partial charge in [0.1, 0.15) is 6.04 Å². The molecule has 0 fully saturated rings. The van der Waals surface area contributed by atoms with Crippen LogP contribution in [0.25, 0.3) is 0 Å². The van der Waals surface area contributed by atoms with Gasteiger partial charge in [0, 0.05) is 24.5 Å². The van der Waals surface area contributed by atoms with Crippen molar-refractivity contribution >= 4 is 29.2 Å². The lowest BCUT2D eigenvalue weighted by Gasteiger charge is -2.29. The van der Waals surface area contributed by atoms with Crippen molar-refractivity contribution in [1.29, 1.82) is 0 Å². The molecule has 4 nitrogen and oxygen atoms in total. The highest BCUT2D eigenvalue weighted by molar-refractivity contribution is 6.31. The lowest BCUT2D eigenvalue weighted by atomic mass is 10.1. The zero-order valence-electron chi connectivity index (χ0n) is 16.9. The minimum absolute atomic E-state index is 0.0271. The highest BCUT2D eigenvalue weighted by atomic mass is 35.5. The van der Waals surface area contributed by atoms with Gasteiger partial charge in [-0.3, -0.25) is 4.79 Å². The normalized spacial score (nSPS) is 16.4. The average Bonchev–Trinajstić information content (AvgIpc) is 3.00. The molecule has 3 rings (SSSR count). The van der Waals surface area contributed by atoms with Crippen LogP contribution in [0, 0.1) is 6.92 Å². The number of aliphatic imine (C=N–C) groups is 1. The molecular weight excluding hydrogens is 370 g/mol. The van der Waals surface area contributed by atoms with E-state index in [-0.39, 0.29) is 5.91 Å². The van der Waals surface area contributed by atoms with Crippen molar-refractivity contribution in [3.63, 3.8) is 0 Å². The lowest BCUT2D eigenvalue weighted by Crippen LogP contribution is -2.45. The molecule has 1 aliphatic heterocycles. The van der Waals surface area contributed by atoms with E-state index in [2.05, 4.69) is 18.7 Å². The third kappa shape index (κ3) is 4.39. The number of hydrogen-bond donors (Lipinski definition) is 0. The first-order chi connectivity index (χ1) is 13.5. The molecular formula is C23H28ClN3O. The third-order valence-electron chi connectivity index (χ3n) is 5.09. The molecule has 0 aliphatic carbocycles. The molecule has 0 bridgehead atoms. The number of benzene rings is 2. The van der Waals surface area contributed by atoms with E-state index in [0.29, 0.717) is 11.4 Å². The van der Waals surface area contributed by atoms with Crippen LogP contribution in [0.4, 0.5) is 5.69 Å². The molecule has 0 saturated carbocycles. The maximum atomic E-state index is 13.4. The molecule has 1 aliphatic rings. The molecule has 0 aromatic heterocycles. The van der Waals surface area contributed by atoms with Gasteiger partial charge >= 0.3 is 0 Å². The van der Waals surface area contributed by atoms with Gasteiger partial charge in [-0.05, 0) is 49.6 Å². The quantitative estimate of drug-likeness (QED) is 0.652. The molecule has 28 heavy (non-hydrogen) atoms. The van der Waals surface area contributed by atoms with Gasteiger partial charge in [-0.15, -0.1) is 0 Å². The Morgan fingerprint density at radius 2 is 1.89 bits per heavy atom. The molecule has 0 N–H and O–H groups in total. The van der Waals surface area contributed by atoms with E-state index >= 15 is 0 Å². The summed E-state index contributed by atoms with van der Waals surface area (Å²) in [6.45, 7) is 7.97. The Hall–Kier alpha value is -2.33.